The zero-order valence-corrected chi connectivity index (χ0v) is 9.18. The van der Waals surface area contributed by atoms with Crippen LogP contribution in [0.4, 0.5) is 0 Å². The van der Waals surface area contributed by atoms with Crippen molar-refractivity contribution in [2.75, 3.05) is 0 Å². The maximum atomic E-state index is 5.25. The van der Waals surface area contributed by atoms with E-state index >= 15 is 0 Å². The summed E-state index contributed by atoms with van der Waals surface area (Å²) < 4.78 is -1.91. The molecule has 8 heteroatoms. The van der Waals surface area contributed by atoms with Gasteiger partial charge in [-0.05, 0) is 0 Å². The molecule has 0 aliphatic rings. The van der Waals surface area contributed by atoms with Gasteiger partial charge in [0.25, 0.3) is 0 Å². The van der Waals surface area contributed by atoms with Crippen LogP contribution in [0.3, 0.4) is 0 Å². The number of thiocarbonyl (C=S) groups is 1. The van der Waals surface area contributed by atoms with Crippen LogP contribution < -0.4 is 0 Å². The van der Waals surface area contributed by atoms with E-state index in [1.54, 1.807) is 5.16 Å². The Bertz CT molecular complexity index is 170. The van der Waals surface area contributed by atoms with Crippen molar-refractivity contribution in [3.63, 3.8) is 0 Å². The predicted molar refractivity (Wildman–Crippen MR) is 51.2 cm³/mol. The van der Waals surface area contributed by atoms with Gasteiger partial charge in [0.2, 0.25) is 0 Å². The van der Waals surface area contributed by atoms with Gasteiger partial charge in [0.15, 0.2) is 0 Å². The molecule has 0 amide bonds. The minimum absolute atomic E-state index is 1.80. The molecule has 0 unspecified atom stereocenters. The number of rotatable bonds is 1. The number of hydrogen-bond donors (Lipinski definition) is 0. The molecular formula is CCl5NPS-. The summed E-state index contributed by atoms with van der Waals surface area (Å²) in [6, 6.07) is 0. The molecule has 0 atom stereocenters. The molecule has 0 aliphatic carbocycles. The van der Waals surface area contributed by atoms with Crippen molar-refractivity contribution < 1.29 is 0 Å². The Balaban J connectivity index is 4.99. The van der Waals surface area contributed by atoms with Gasteiger partial charge in [0.1, 0.15) is 0 Å². The van der Waals surface area contributed by atoms with Gasteiger partial charge in [-0.3, -0.25) is 0 Å². The molecular weight excluding hydrogens is 266 g/mol. The molecule has 0 aromatic carbocycles. The zero-order valence-electron chi connectivity index (χ0n) is 3.69. The van der Waals surface area contributed by atoms with Gasteiger partial charge < -0.3 is 0 Å². The van der Waals surface area contributed by atoms with Crippen LogP contribution >= 0.6 is 71.3 Å². The molecule has 0 saturated heterocycles. The standard InChI is InChI=1S/CCl5NPS/c2-8(3,4,5,6)7-1-9/q-1. The summed E-state index contributed by atoms with van der Waals surface area (Å²) in [6.45, 7) is 0. The summed E-state index contributed by atoms with van der Waals surface area (Å²) in [7, 11) is 0. The van der Waals surface area contributed by atoms with Crippen molar-refractivity contribution >= 4 is 76.4 Å². The Morgan fingerprint density at radius 1 is 1.11 bits per heavy atom. The van der Waals surface area contributed by atoms with Crippen LogP contribution in [0.25, 0.3) is 0 Å². The zero-order chi connectivity index (χ0) is 7.82. The SMILES string of the molecule is S=C=N[P-](Cl)(Cl)(Cl)(Cl)Cl. The van der Waals surface area contributed by atoms with E-state index in [2.05, 4.69) is 17.0 Å². The van der Waals surface area contributed by atoms with Crippen LogP contribution in [0.15, 0.2) is 4.76 Å². The third kappa shape index (κ3) is 9.68. The van der Waals surface area contributed by atoms with Crippen molar-refractivity contribution in [1.82, 2.24) is 0 Å². The van der Waals surface area contributed by atoms with E-state index in [0.29, 0.717) is 0 Å². The molecule has 0 saturated carbocycles. The first kappa shape index (κ1) is 10.7. The minimum atomic E-state index is -4.96. The number of halogens is 5. The van der Waals surface area contributed by atoms with E-state index in [1.165, 1.54) is 0 Å². The summed E-state index contributed by atoms with van der Waals surface area (Å²) in [5, 5.41) is 1.80. The van der Waals surface area contributed by atoms with Crippen molar-refractivity contribution in [2.24, 2.45) is 4.76 Å². The second-order valence-electron chi connectivity index (χ2n) is 1.21. The molecule has 1 nitrogen and oxygen atoms in total. The fourth-order valence-corrected chi connectivity index (χ4v) is 2.08. The molecule has 9 heavy (non-hydrogen) atoms. The van der Waals surface area contributed by atoms with Crippen LogP contribution in [0.1, 0.15) is 0 Å². The number of isothiocyanates is 1. The maximum absolute atomic E-state index is 5.25. The Kier molecular flexibility index (Phi) is 2.48. The van der Waals surface area contributed by atoms with Gasteiger partial charge in [-0.15, -0.1) is 0 Å². The van der Waals surface area contributed by atoms with Crippen LogP contribution in [-0.2, 0) is 0 Å². The fraction of sp³-hybridized carbons (Fsp3) is 0. The van der Waals surface area contributed by atoms with Gasteiger partial charge in [-0.25, -0.2) is 0 Å². The van der Waals surface area contributed by atoms with Crippen molar-refractivity contribution in [3.05, 3.63) is 0 Å². The summed E-state index contributed by atoms with van der Waals surface area (Å²) >= 11 is 30.4. The van der Waals surface area contributed by atoms with Gasteiger partial charge in [0, 0.05) is 0 Å². The van der Waals surface area contributed by atoms with E-state index in [1.807, 2.05) is 0 Å². The van der Waals surface area contributed by atoms with Crippen molar-refractivity contribution in [1.29, 1.82) is 0 Å². The van der Waals surface area contributed by atoms with Crippen molar-refractivity contribution in [3.8, 4) is 0 Å². The average molecular weight is 266 g/mol. The van der Waals surface area contributed by atoms with Crippen molar-refractivity contribution in [2.45, 2.75) is 0 Å². The molecule has 0 aromatic rings. The van der Waals surface area contributed by atoms with Crippen LogP contribution in [-0.4, -0.2) is 5.16 Å². The Hall–Kier alpha value is 1.68. The second-order valence-corrected chi connectivity index (χ2v) is 21.2. The van der Waals surface area contributed by atoms with Crippen LogP contribution in [0, 0.1) is 0 Å². The Morgan fingerprint density at radius 2 is 1.44 bits per heavy atom. The summed E-state index contributed by atoms with van der Waals surface area (Å²) in [5.74, 6) is 0. The second kappa shape index (κ2) is 2.09. The van der Waals surface area contributed by atoms with E-state index in [4.69, 9.17) is 56.2 Å². The Labute approximate surface area is 80.8 Å². The first-order valence-corrected chi connectivity index (χ1v) is 9.04. The molecule has 0 spiro atoms. The first-order chi connectivity index (χ1) is 3.54. The van der Waals surface area contributed by atoms with Gasteiger partial charge in [-0.1, -0.05) is 0 Å². The quantitative estimate of drug-likeness (QED) is 0.375. The summed E-state index contributed by atoms with van der Waals surface area (Å²) in [6.07, 6.45) is 0. The molecule has 0 heterocycles. The molecule has 0 aromatic heterocycles. The molecule has 0 bridgehead atoms. The van der Waals surface area contributed by atoms with Gasteiger partial charge in [0.05, 0.1) is 0 Å². The number of nitrogens with zero attached hydrogens (tertiary/aromatic N) is 1. The molecule has 0 fully saturated rings. The normalized spacial score (nSPS) is 19.2. The van der Waals surface area contributed by atoms with Crippen LogP contribution in [0.2, 0.25) is 0 Å². The van der Waals surface area contributed by atoms with Crippen LogP contribution in [0.5, 0.6) is 0 Å². The summed E-state index contributed by atoms with van der Waals surface area (Å²) in [5.41, 5.74) is 0. The predicted octanol–water partition coefficient (Wildman–Crippen LogP) is 4.86. The van der Waals surface area contributed by atoms with Gasteiger partial charge in [-0.2, -0.15) is 0 Å². The Morgan fingerprint density at radius 3 is 1.44 bits per heavy atom. The topological polar surface area (TPSA) is 12.4 Å². The third-order valence-electron chi connectivity index (χ3n) is 0.230. The van der Waals surface area contributed by atoms with E-state index in [0.717, 1.165) is 0 Å². The monoisotopic (exact) mass is 264 g/mol. The molecule has 0 N–H and O–H groups in total. The number of hydrogen-bond acceptors (Lipinski definition) is 2. The molecule has 0 rings (SSSR count). The molecule has 0 aliphatic heterocycles. The average Bonchev–Trinajstić information content (AvgIpc) is 1.22. The fourth-order valence-electron chi connectivity index (χ4n) is 0.0772. The van der Waals surface area contributed by atoms with E-state index < -0.39 is 2.86 Å². The third-order valence-corrected chi connectivity index (χ3v) is 2.07. The summed E-state index contributed by atoms with van der Waals surface area (Å²) in [4.78, 5) is 0. The van der Waals surface area contributed by atoms with E-state index in [-0.39, 0.29) is 0 Å². The first-order valence-electron chi connectivity index (χ1n) is 1.47. The van der Waals surface area contributed by atoms with E-state index in [9.17, 15) is 0 Å². The molecule has 56 valence electrons. The van der Waals surface area contributed by atoms with Gasteiger partial charge >= 0.3 is 81.2 Å². The molecule has 0 radical (unpaired) electrons.